The predicted molar refractivity (Wildman–Crippen MR) is 92.0 cm³/mol. The summed E-state index contributed by atoms with van der Waals surface area (Å²) >= 11 is 0. The van der Waals surface area contributed by atoms with E-state index in [0.29, 0.717) is 44.0 Å². The number of rotatable bonds is 4. The van der Waals surface area contributed by atoms with E-state index in [9.17, 15) is 13.6 Å². The lowest BCUT2D eigenvalue weighted by Crippen LogP contribution is -2.46. The van der Waals surface area contributed by atoms with Crippen LogP contribution in [-0.2, 0) is 6.54 Å². The van der Waals surface area contributed by atoms with Crippen LogP contribution in [0.2, 0.25) is 0 Å². The molecule has 0 amide bonds. The Hall–Kier alpha value is -2.98. The van der Waals surface area contributed by atoms with E-state index in [4.69, 9.17) is 10.4 Å². The molecule has 2 aromatic carbocycles. The van der Waals surface area contributed by atoms with Gasteiger partial charge in [-0.1, -0.05) is 6.07 Å². The number of halogens is 2. The first-order chi connectivity index (χ1) is 12.5. The molecule has 0 bridgehead atoms. The maximum atomic E-state index is 14.1. The van der Waals surface area contributed by atoms with Crippen molar-refractivity contribution >= 4 is 11.7 Å². The van der Waals surface area contributed by atoms with E-state index in [0.717, 1.165) is 6.07 Å². The third-order valence-electron chi connectivity index (χ3n) is 4.48. The predicted octanol–water partition coefficient (Wildman–Crippen LogP) is 2.86. The van der Waals surface area contributed by atoms with Crippen molar-refractivity contribution in [2.24, 2.45) is 0 Å². The molecule has 3 rings (SSSR count). The summed E-state index contributed by atoms with van der Waals surface area (Å²) in [5.41, 5.74) is 1.10. The van der Waals surface area contributed by atoms with E-state index >= 15 is 0 Å². The molecule has 1 N–H and O–H groups in total. The van der Waals surface area contributed by atoms with Gasteiger partial charge >= 0.3 is 5.97 Å². The number of piperazine rings is 1. The molecule has 0 unspecified atom stereocenters. The molecule has 2 aromatic rings. The van der Waals surface area contributed by atoms with Gasteiger partial charge in [0.05, 0.1) is 22.9 Å². The van der Waals surface area contributed by atoms with E-state index in [-0.39, 0.29) is 11.1 Å². The Morgan fingerprint density at radius 1 is 1.08 bits per heavy atom. The summed E-state index contributed by atoms with van der Waals surface area (Å²) in [5.74, 6) is -2.12. The highest BCUT2D eigenvalue weighted by Crippen LogP contribution is 2.22. The third kappa shape index (κ3) is 3.81. The van der Waals surface area contributed by atoms with Crippen molar-refractivity contribution in [2.75, 3.05) is 31.1 Å². The van der Waals surface area contributed by atoms with Crippen LogP contribution >= 0.6 is 0 Å². The van der Waals surface area contributed by atoms with Crippen LogP contribution in [0.1, 0.15) is 21.5 Å². The largest absolute Gasteiger partial charge is 0.478 e. The minimum atomic E-state index is -1.16. The highest BCUT2D eigenvalue weighted by molar-refractivity contribution is 5.87. The molecule has 1 saturated heterocycles. The van der Waals surface area contributed by atoms with Gasteiger partial charge in [-0.05, 0) is 30.3 Å². The summed E-state index contributed by atoms with van der Waals surface area (Å²) in [6, 6.07) is 10.2. The number of hydrogen-bond donors (Lipinski definition) is 1. The molecule has 5 nitrogen and oxygen atoms in total. The molecule has 0 saturated carbocycles. The molecule has 0 atom stereocenters. The number of benzene rings is 2. The molecule has 1 fully saturated rings. The molecule has 7 heteroatoms. The van der Waals surface area contributed by atoms with Gasteiger partial charge in [0, 0.05) is 38.3 Å². The Labute approximate surface area is 149 Å². The van der Waals surface area contributed by atoms with Crippen LogP contribution in [0, 0.1) is 23.0 Å². The fourth-order valence-electron chi connectivity index (χ4n) is 3.03. The first-order valence-corrected chi connectivity index (χ1v) is 8.16. The van der Waals surface area contributed by atoms with Crippen molar-refractivity contribution in [2.45, 2.75) is 6.54 Å². The zero-order chi connectivity index (χ0) is 18.7. The molecular weight excluding hydrogens is 340 g/mol. The summed E-state index contributed by atoms with van der Waals surface area (Å²) < 4.78 is 28.2. The SMILES string of the molecule is N#Cc1ccc(N2CCN(Cc3ccc(C(=O)O)cc3F)CC2)c(F)c1. The van der Waals surface area contributed by atoms with Crippen LogP contribution in [0.5, 0.6) is 0 Å². The van der Waals surface area contributed by atoms with Gasteiger partial charge < -0.3 is 10.0 Å². The van der Waals surface area contributed by atoms with Crippen molar-refractivity contribution < 1.29 is 18.7 Å². The zero-order valence-corrected chi connectivity index (χ0v) is 14.0. The summed E-state index contributed by atoms with van der Waals surface area (Å²) in [5, 5.41) is 17.7. The van der Waals surface area contributed by atoms with Gasteiger partial charge in [-0.15, -0.1) is 0 Å². The first kappa shape index (κ1) is 17.8. The minimum absolute atomic E-state index is 0.0765. The number of carbonyl (C=O) groups is 1. The van der Waals surface area contributed by atoms with Crippen molar-refractivity contribution in [1.82, 2.24) is 4.90 Å². The third-order valence-corrected chi connectivity index (χ3v) is 4.48. The molecule has 1 aliphatic heterocycles. The van der Waals surface area contributed by atoms with Gasteiger partial charge in [0.2, 0.25) is 0 Å². The van der Waals surface area contributed by atoms with Crippen LogP contribution < -0.4 is 4.90 Å². The summed E-state index contributed by atoms with van der Waals surface area (Å²) in [4.78, 5) is 14.8. The highest BCUT2D eigenvalue weighted by Gasteiger charge is 2.21. The van der Waals surface area contributed by atoms with Crippen LogP contribution in [0.15, 0.2) is 36.4 Å². The Bertz CT molecular complexity index is 872. The topological polar surface area (TPSA) is 67.6 Å². The monoisotopic (exact) mass is 357 g/mol. The van der Waals surface area contributed by atoms with Gasteiger partial charge in [-0.2, -0.15) is 5.26 Å². The Morgan fingerprint density at radius 3 is 2.38 bits per heavy atom. The standard InChI is InChI=1S/C19H17F2N3O2/c20-16-10-14(19(25)26)2-3-15(16)12-23-5-7-24(8-6-23)18-4-1-13(11-22)9-17(18)21/h1-4,9-10H,5-8,12H2,(H,25,26). The zero-order valence-electron chi connectivity index (χ0n) is 14.0. The van der Waals surface area contributed by atoms with Crippen LogP contribution in [0.3, 0.4) is 0 Å². The number of aromatic carboxylic acids is 1. The summed E-state index contributed by atoms with van der Waals surface area (Å²) in [6.07, 6.45) is 0. The van der Waals surface area contributed by atoms with Crippen molar-refractivity contribution in [3.63, 3.8) is 0 Å². The van der Waals surface area contributed by atoms with E-state index in [1.165, 1.54) is 18.2 Å². The lowest BCUT2D eigenvalue weighted by Gasteiger charge is -2.36. The highest BCUT2D eigenvalue weighted by atomic mass is 19.1. The second-order valence-corrected chi connectivity index (χ2v) is 6.15. The van der Waals surface area contributed by atoms with E-state index < -0.39 is 17.6 Å². The molecule has 0 spiro atoms. The normalized spacial score (nSPS) is 14.9. The smallest absolute Gasteiger partial charge is 0.335 e. The molecule has 1 aliphatic rings. The van der Waals surface area contributed by atoms with Gasteiger partial charge in [0.1, 0.15) is 11.6 Å². The lowest BCUT2D eigenvalue weighted by atomic mass is 10.1. The molecular formula is C19H17F2N3O2. The second-order valence-electron chi connectivity index (χ2n) is 6.15. The fourth-order valence-corrected chi connectivity index (χ4v) is 3.03. The van der Waals surface area contributed by atoms with Crippen LogP contribution in [0.25, 0.3) is 0 Å². The van der Waals surface area contributed by atoms with E-state index in [2.05, 4.69) is 0 Å². The Morgan fingerprint density at radius 2 is 1.81 bits per heavy atom. The number of anilines is 1. The van der Waals surface area contributed by atoms with Gasteiger partial charge in [-0.3, -0.25) is 4.90 Å². The number of carboxylic acid groups (broad SMARTS) is 1. The average molecular weight is 357 g/mol. The first-order valence-electron chi connectivity index (χ1n) is 8.16. The maximum absolute atomic E-state index is 14.1. The van der Waals surface area contributed by atoms with Crippen molar-refractivity contribution in [3.8, 4) is 6.07 Å². The molecule has 134 valence electrons. The van der Waals surface area contributed by atoms with Gasteiger partial charge in [0.15, 0.2) is 0 Å². The Balaban J connectivity index is 1.62. The average Bonchev–Trinajstić information content (AvgIpc) is 2.64. The molecule has 0 radical (unpaired) electrons. The fraction of sp³-hybridized carbons (Fsp3) is 0.263. The molecule has 0 aromatic heterocycles. The number of hydrogen-bond acceptors (Lipinski definition) is 4. The van der Waals surface area contributed by atoms with E-state index in [1.54, 1.807) is 12.1 Å². The van der Waals surface area contributed by atoms with E-state index in [1.807, 2.05) is 15.9 Å². The van der Waals surface area contributed by atoms with Crippen LogP contribution in [-0.4, -0.2) is 42.2 Å². The summed E-state index contributed by atoms with van der Waals surface area (Å²) in [6.45, 7) is 2.78. The minimum Gasteiger partial charge on any atom is -0.478 e. The Kier molecular flexibility index (Phi) is 5.14. The van der Waals surface area contributed by atoms with Crippen molar-refractivity contribution in [3.05, 3.63) is 64.7 Å². The molecule has 0 aliphatic carbocycles. The molecule has 26 heavy (non-hydrogen) atoms. The lowest BCUT2D eigenvalue weighted by molar-refractivity contribution is 0.0696. The number of nitriles is 1. The summed E-state index contributed by atoms with van der Waals surface area (Å²) in [7, 11) is 0. The van der Waals surface area contributed by atoms with Gasteiger partial charge in [0.25, 0.3) is 0 Å². The molecule has 1 heterocycles. The maximum Gasteiger partial charge on any atom is 0.335 e. The quantitative estimate of drug-likeness (QED) is 0.911. The second kappa shape index (κ2) is 7.50. The van der Waals surface area contributed by atoms with Crippen molar-refractivity contribution in [1.29, 1.82) is 5.26 Å². The number of nitrogens with zero attached hydrogens (tertiary/aromatic N) is 3. The van der Waals surface area contributed by atoms with Crippen LogP contribution in [0.4, 0.5) is 14.5 Å². The van der Waals surface area contributed by atoms with Gasteiger partial charge in [-0.25, -0.2) is 13.6 Å². The number of carboxylic acids is 1.